The van der Waals surface area contributed by atoms with Gasteiger partial charge in [-0.3, -0.25) is 0 Å². The smallest absolute Gasteiger partial charge is 0.146 e. The van der Waals surface area contributed by atoms with E-state index in [0.29, 0.717) is 11.5 Å². The van der Waals surface area contributed by atoms with Crippen molar-refractivity contribution in [3.8, 4) is 0 Å². The highest BCUT2D eigenvalue weighted by molar-refractivity contribution is 9.10. The summed E-state index contributed by atoms with van der Waals surface area (Å²) in [4.78, 5) is 8.53. The lowest BCUT2D eigenvalue weighted by Gasteiger charge is -2.15. The summed E-state index contributed by atoms with van der Waals surface area (Å²) < 4.78 is 14.7. The fourth-order valence-electron chi connectivity index (χ4n) is 2.05. The second-order valence-electron chi connectivity index (χ2n) is 4.58. The quantitative estimate of drug-likeness (QED) is 0.803. The van der Waals surface area contributed by atoms with E-state index >= 15 is 0 Å². The summed E-state index contributed by atoms with van der Waals surface area (Å²) in [5.74, 6) is 1.12. The Morgan fingerprint density at radius 1 is 1.19 bits per heavy atom. The molecule has 2 aromatic rings. The van der Waals surface area contributed by atoms with Crippen molar-refractivity contribution in [2.75, 3.05) is 17.2 Å². The lowest BCUT2D eigenvalue weighted by molar-refractivity contribution is 0.631. The van der Waals surface area contributed by atoms with Crippen LogP contribution in [0.25, 0.3) is 0 Å². The zero-order chi connectivity index (χ0) is 15.2. The van der Waals surface area contributed by atoms with E-state index in [4.69, 9.17) is 0 Å². The van der Waals surface area contributed by atoms with Gasteiger partial charge in [0.25, 0.3) is 0 Å². The highest BCUT2D eigenvalue weighted by Gasteiger charge is 2.12. The van der Waals surface area contributed by atoms with Gasteiger partial charge >= 0.3 is 0 Å². The summed E-state index contributed by atoms with van der Waals surface area (Å²) in [5, 5.41) is 6.29. The third-order valence-corrected chi connectivity index (χ3v) is 3.46. The van der Waals surface area contributed by atoms with Crippen molar-refractivity contribution in [1.82, 2.24) is 9.97 Å². The number of aromatic nitrogens is 2. The van der Waals surface area contributed by atoms with Crippen molar-refractivity contribution >= 4 is 33.3 Å². The SMILES string of the molecule is CCCc1c(NCC)ncnc1Nc1cc(Br)ccc1F. The Hall–Kier alpha value is -1.69. The van der Waals surface area contributed by atoms with Crippen molar-refractivity contribution in [1.29, 1.82) is 0 Å². The Morgan fingerprint density at radius 3 is 2.67 bits per heavy atom. The van der Waals surface area contributed by atoms with E-state index < -0.39 is 0 Å². The molecular formula is C15H18BrFN4. The summed E-state index contributed by atoms with van der Waals surface area (Å²) in [6.07, 6.45) is 3.26. The van der Waals surface area contributed by atoms with Gasteiger partial charge in [-0.25, -0.2) is 14.4 Å². The summed E-state index contributed by atoms with van der Waals surface area (Å²) >= 11 is 3.35. The first-order chi connectivity index (χ1) is 10.2. The van der Waals surface area contributed by atoms with Crippen LogP contribution in [0.3, 0.4) is 0 Å². The van der Waals surface area contributed by atoms with Crippen molar-refractivity contribution in [2.45, 2.75) is 26.7 Å². The highest BCUT2D eigenvalue weighted by atomic mass is 79.9. The number of hydrogen-bond donors (Lipinski definition) is 2. The molecule has 0 aliphatic heterocycles. The molecule has 4 nitrogen and oxygen atoms in total. The summed E-state index contributed by atoms with van der Waals surface area (Å²) in [5.41, 5.74) is 1.36. The minimum absolute atomic E-state index is 0.315. The van der Waals surface area contributed by atoms with Gasteiger partial charge in [0, 0.05) is 16.6 Å². The van der Waals surface area contributed by atoms with Crippen LogP contribution in [-0.4, -0.2) is 16.5 Å². The van der Waals surface area contributed by atoms with Crippen LogP contribution in [0.2, 0.25) is 0 Å². The van der Waals surface area contributed by atoms with Crippen LogP contribution in [0, 0.1) is 5.82 Å². The molecule has 21 heavy (non-hydrogen) atoms. The topological polar surface area (TPSA) is 49.8 Å². The summed E-state index contributed by atoms with van der Waals surface area (Å²) in [6.45, 7) is 4.88. The standard InChI is InChI=1S/C15H18BrFN4/c1-3-5-11-14(18-4-2)19-9-20-15(11)21-13-8-10(16)6-7-12(13)17/h6-9H,3-5H2,1-2H3,(H2,18,19,20,21). The van der Waals surface area contributed by atoms with Crippen molar-refractivity contribution in [3.63, 3.8) is 0 Å². The second-order valence-corrected chi connectivity index (χ2v) is 5.49. The molecule has 0 saturated heterocycles. The normalized spacial score (nSPS) is 10.5. The Labute approximate surface area is 132 Å². The van der Waals surface area contributed by atoms with Gasteiger partial charge in [0.15, 0.2) is 0 Å². The molecule has 0 amide bonds. The third-order valence-electron chi connectivity index (χ3n) is 2.97. The molecule has 6 heteroatoms. The molecule has 0 fully saturated rings. The number of anilines is 3. The molecule has 1 aromatic heterocycles. The van der Waals surface area contributed by atoms with Crippen LogP contribution >= 0.6 is 15.9 Å². The first kappa shape index (κ1) is 15.7. The van der Waals surface area contributed by atoms with Crippen LogP contribution in [0.4, 0.5) is 21.7 Å². The maximum atomic E-state index is 13.9. The second kappa shape index (κ2) is 7.36. The van der Waals surface area contributed by atoms with Gasteiger partial charge in [0.2, 0.25) is 0 Å². The summed E-state index contributed by atoms with van der Waals surface area (Å²) in [6, 6.07) is 4.77. The number of nitrogens with zero attached hydrogens (tertiary/aromatic N) is 2. The zero-order valence-electron chi connectivity index (χ0n) is 12.1. The predicted molar refractivity (Wildman–Crippen MR) is 87.6 cm³/mol. The molecule has 1 aromatic carbocycles. The van der Waals surface area contributed by atoms with Gasteiger partial charge in [-0.15, -0.1) is 0 Å². The molecule has 0 saturated carbocycles. The fraction of sp³-hybridized carbons (Fsp3) is 0.333. The van der Waals surface area contributed by atoms with E-state index in [9.17, 15) is 4.39 Å². The van der Waals surface area contributed by atoms with Crippen LogP contribution in [0.15, 0.2) is 29.0 Å². The Balaban J connectivity index is 2.38. The minimum Gasteiger partial charge on any atom is -0.370 e. The average molecular weight is 353 g/mol. The number of nitrogens with one attached hydrogen (secondary N) is 2. The minimum atomic E-state index is -0.315. The molecule has 0 radical (unpaired) electrons. The molecular weight excluding hydrogens is 335 g/mol. The van der Waals surface area contributed by atoms with Gasteiger partial charge in [0.05, 0.1) is 5.69 Å². The largest absolute Gasteiger partial charge is 0.370 e. The molecule has 2 rings (SSSR count). The lowest BCUT2D eigenvalue weighted by atomic mass is 10.1. The van der Waals surface area contributed by atoms with Crippen molar-refractivity contribution in [2.24, 2.45) is 0 Å². The molecule has 0 spiro atoms. The van der Waals surface area contributed by atoms with Gasteiger partial charge in [-0.2, -0.15) is 0 Å². The van der Waals surface area contributed by atoms with Crippen molar-refractivity contribution < 1.29 is 4.39 Å². The van der Waals surface area contributed by atoms with Gasteiger partial charge < -0.3 is 10.6 Å². The van der Waals surface area contributed by atoms with Crippen LogP contribution in [0.5, 0.6) is 0 Å². The van der Waals surface area contributed by atoms with E-state index in [0.717, 1.165) is 35.2 Å². The fourth-order valence-corrected chi connectivity index (χ4v) is 2.41. The lowest BCUT2D eigenvalue weighted by Crippen LogP contribution is -2.08. The van der Waals surface area contributed by atoms with Crippen LogP contribution in [0.1, 0.15) is 25.8 Å². The van der Waals surface area contributed by atoms with Crippen molar-refractivity contribution in [3.05, 3.63) is 40.4 Å². The first-order valence-corrected chi connectivity index (χ1v) is 7.74. The van der Waals surface area contributed by atoms with E-state index in [1.807, 2.05) is 6.92 Å². The molecule has 0 aliphatic carbocycles. The number of rotatable bonds is 6. The number of hydrogen-bond acceptors (Lipinski definition) is 4. The monoisotopic (exact) mass is 352 g/mol. The van der Waals surface area contributed by atoms with Crippen LogP contribution in [-0.2, 0) is 6.42 Å². The number of benzene rings is 1. The Morgan fingerprint density at radius 2 is 1.95 bits per heavy atom. The molecule has 0 aliphatic rings. The molecule has 0 unspecified atom stereocenters. The molecule has 0 bridgehead atoms. The Kier molecular flexibility index (Phi) is 5.50. The van der Waals surface area contributed by atoms with E-state index in [1.54, 1.807) is 12.1 Å². The molecule has 2 N–H and O–H groups in total. The molecule has 1 heterocycles. The maximum Gasteiger partial charge on any atom is 0.146 e. The molecule has 0 atom stereocenters. The van der Waals surface area contributed by atoms with Gasteiger partial charge in [-0.05, 0) is 31.5 Å². The average Bonchev–Trinajstić information content (AvgIpc) is 2.46. The molecule has 112 valence electrons. The van der Waals surface area contributed by atoms with Gasteiger partial charge in [-0.1, -0.05) is 29.3 Å². The zero-order valence-corrected chi connectivity index (χ0v) is 13.7. The highest BCUT2D eigenvalue weighted by Crippen LogP contribution is 2.27. The summed E-state index contributed by atoms with van der Waals surface area (Å²) in [7, 11) is 0. The number of halogens is 2. The predicted octanol–water partition coefficient (Wildman–Crippen LogP) is 4.51. The van der Waals surface area contributed by atoms with Gasteiger partial charge in [0.1, 0.15) is 23.8 Å². The van der Waals surface area contributed by atoms with E-state index in [-0.39, 0.29) is 5.82 Å². The first-order valence-electron chi connectivity index (χ1n) is 6.95. The van der Waals surface area contributed by atoms with E-state index in [1.165, 1.54) is 12.4 Å². The maximum absolute atomic E-state index is 13.9. The van der Waals surface area contributed by atoms with E-state index in [2.05, 4.69) is 43.5 Å². The van der Waals surface area contributed by atoms with Crippen LogP contribution < -0.4 is 10.6 Å². The third kappa shape index (κ3) is 3.91. The Bertz CT molecular complexity index is 619.